The second-order valence-electron chi connectivity index (χ2n) is 4.71. The van der Waals surface area contributed by atoms with Gasteiger partial charge in [0, 0.05) is 18.7 Å². The minimum Gasteiger partial charge on any atom is -0.354 e. The highest BCUT2D eigenvalue weighted by atomic mass is 35.5. The lowest BCUT2D eigenvalue weighted by atomic mass is 9.93. The summed E-state index contributed by atoms with van der Waals surface area (Å²) in [6.07, 6.45) is 4.41. The summed E-state index contributed by atoms with van der Waals surface area (Å²) in [5, 5.41) is 1.28. The molecule has 1 aromatic heterocycles. The van der Waals surface area contributed by atoms with Crippen LogP contribution in [0, 0.1) is 5.92 Å². The second kappa shape index (κ2) is 5.44. The molecule has 1 aromatic rings. The van der Waals surface area contributed by atoms with E-state index in [-0.39, 0.29) is 0 Å². The first-order valence-electron chi connectivity index (χ1n) is 5.95. The second-order valence-corrected chi connectivity index (χ2v) is 5.87. The summed E-state index contributed by atoms with van der Waals surface area (Å²) in [4.78, 5) is 11.1. The average molecular weight is 272 g/mol. The van der Waals surface area contributed by atoms with Crippen molar-refractivity contribution in [2.24, 2.45) is 5.92 Å². The van der Waals surface area contributed by atoms with Crippen LogP contribution in [-0.4, -0.2) is 28.8 Å². The van der Waals surface area contributed by atoms with E-state index in [0.29, 0.717) is 11.2 Å². The van der Waals surface area contributed by atoms with Gasteiger partial charge in [0.15, 0.2) is 5.16 Å². The third-order valence-electron chi connectivity index (χ3n) is 3.28. The number of hydrogen-bond donors (Lipinski definition) is 0. The van der Waals surface area contributed by atoms with E-state index in [4.69, 9.17) is 11.6 Å². The Hall–Kier alpha value is -0.480. The Balaban J connectivity index is 2.24. The van der Waals surface area contributed by atoms with Crippen molar-refractivity contribution >= 4 is 29.2 Å². The number of halogens is 1. The molecule has 0 radical (unpaired) electrons. The zero-order valence-electron chi connectivity index (χ0n) is 10.5. The highest BCUT2D eigenvalue weighted by Gasteiger charge is 2.24. The summed E-state index contributed by atoms with van der Waals surface area (Å²) in [7, 11) is 0. The van der Waals surface area contributed by atoms with E-state index >= 15 is 0 Å². The predicted octanol–water partition coefficient (Wildman–Crippen LogP) is 3.48. The van der Waals surface area contributed by atoms with Crippen molar-refractivity contribution in [3.63, 3.8) is 0 Å². The molecule has 0 bridgehead atoms. The van der Waals surface area contributed by atoms with Crippen LogP contribution in [0.15, 0.2) is 11.2 Å². The van der Waals surface area contributed by atoms with Crippen LogP contribution in [0.1, 0.15) is 26.7 Å². The largest absolute Gasteiger partial charge is 0.354 e. The molecule has 2 atom stereocenters. The van der Waals surface area contributed by atoms with E-state index in [2.05, 4.69) is 28.7 Å². The van der Waals surface area contributed by atoms with Crippen LogP contribution in [-0.2, 0) is 0 Å². The highest BCUT2D eigenvalue weighted by Crippen LogP contribution is 2.28. The molecule has 2 rings (SSSR count). The van der Waals surface area contributed by atoms with E-state index < -0.39 is 0 Å². The smallest absolute Gasteiger partial charge is 0.190 e. The molecular formula is C12H18ClN3S. The molecule has 2 heterocycles. The molecule has 1 fully saturated rings. The highest BCUT2D eigenvalue weighted by molar-refractivity contribution is 7.98. The van der Waals surface area contributed by atoms with Crippen molar-refractivity contribution in [3.8, 4) is 0 Å². The minimum atomic E-state index is 0.527. The quantitative estimate of drug-likeness (QED) is 0.468. The van der Waals surface area contributed by atoms with E-state index in [1.165, 1.54) is 24.6 Å². The summed E-state index contributed by atoms with van der Waals surface area (Å²) >= 11 is 7.56. The monoisotopic (exact) mass is 271 g/mol. The van der Waals surface area contributed by atoms with Crippen molar-refractivity contribution in [2.45, 2.75) is 37.9 Å². The van der Waals surface area contributed by atoms with Crippen molar-refractivity contribution in [1.82, 2.24) is 9.97 Å². The number of thioether (sulfide) groups is 1. The molecule has 0 aromatic carbocycles. The van der Waals surface area contributed by atoms with Gasteiger partial charge in [-0.15, -0.1) is 0 Å². The third kappa shape index (κ3) is 3.05. The summed E-state index contributed by atoms with van der Waals surface area (Å²) < 4.78 is 0. The van der Waals surface area contributed by atoms with Gasteiger partial charge in [-0.3, -0.25) is 0 Å². The van der Waals surface area contributed by atoms with Gasteiger partial charge in [0.2, 0.25) is 0 Å². The maximum atomic E-state index is 6.03. The first kappa shape index (κ1) is 13.0. The molecular weight excluding hydrogens is 254 g/mol. The maximum absolute atomic E-state index is 6.03. The van der Waals surface area contributed by atoms with Crippen LogP contribution < -0.4 is 4.90 Å². The van der Waals surface area contributed by atoms with Crippen LogP contribution in [0.2, 0.25) is 5.15 Å². The Kier molecular flexibility index (Phi) is 4.15. The molecule has 1 saturated heterocycles. The molecule has 5 heteroatoms. The summed E-state index contributed by atoms with van der Waals surface area (Å²) in [6.45, 7) is 5.63. The number of aromatic nitrogens is 2. The van der Waals surface area contributed by atoms with Crippen molar-refractivity contribution in [3.05, 3.63) is 11.2 Å². The number of piperidine rings is 1. The number of hydrogen-bond acceptors (Lipinski definition) is 4. The van der Waals surface area contributed by atoms with Crippen molar-refractivity contribution < 1.29 is 0 Å². The first-order chi connectivity index (χ1) is 8.10. The molecule has 94 valence electrons. The zero-order chi connectivity index (χ0) is 12.4. The third-order valence-corrected chi connectivity index (χ3v) is 4.02. The lowest BCUT2D eigenvalue weighted by Gasteiger charge is -2.37. The standard InChI is InChI=1S/C12H18ClN3S/c1-8-4-5-16(9(2)6-8)11-7-10(13)14-12(15-11)17-3/h7-9H,4-6H2,1-3H3. The van der Waals surface area contributed by atoms with E-state index in [1.807, 2.05) is 12.3 Å². The van der Waals surface area contributed by atoms with Crippen LogP contribution in [0.3, 0.4) is 0 Å². The van der Waals surface area contributed by atoms with Crippen LogP contribution in [0.5, 0.6) is 0 Å². The molecule has 3 nitrogen and oxygen atoms in total. The predicted molar refractivity (Wildman–Crippen MR) is 74.0 cm³/mol. The molecule has 17 heavy (non-hydrogen) atoms. The number of rotatable bonds is 2. The maximum Gasteiger partial charge on any atom is 0.190 e. The van der Waals surface area contributed by atoms with Gasteiger partial charge < -0.3 is 4.90 Å². The molecule has 1 aliphatic heterocycles. The van der Waals surface area contributed by atoms with Gasteiger partial charge in [0.05, 0.1) is 0 Å². The fraction of sp³-hybridized carbons (Fsp3) is 0.667. The Morgan fingerprint density at radius 2 is 2.18 bits per heavy atom. The van der Waals surface area contributed by atoms with Crippen molar-refractivity contribution in [1.29, 1.82) is 0 Å². The van der Waals surface area contributed by atoms with Gasteiger partial charge in [0.1, 0.15) is 11.0 Å². The minimum absolute atomic E-state index is 0.527. The van der Waals surface area contributed by atoms with Crippen LogP contribution >= 0.6 is 23.4 Å². The lowest BCUT2D eigenvalue weighted by molar-refractivity contribution is 0.375. The van der Waals surface area contributed by atoms with Gasteiger partial charge in [-0.1, -0.05) is 30.3 Å². The van der Waals surface area contributed by atoms with Crippen LogP contribution in [0.4, 0.5) is 5.82 Å². The molecule has 2 unspecified atom stereocenters. The summed E-state index contributed by atoms with van der Waals surface area (Å²) in [5.41, 5.74) is 0. The molecule has 0 spiro atoms. The van der Waals surface area contributed by atoms with Gasteiger partial charge in [-0.2, -0.15) is 0 Å². The Morgan fingerprint density at radius 1 is 1.41 bits per heavy atom. The zero-order valence-corrected chi connectivity index (χ0v) is 12.1. The molecule has 0 saturated carbocycles. The normalized spacial score (nSPS) is 25.1. The first-order valence-corrected chi connectivity index (χ1v) is 7.55. The van der Waals surface area contributed by atoms with Gasteiger partial charge in [-0.05, 0) is 31.9 Å². The van der Waals surface area contributed by atoms with E-state index in [1.54, 1.807) is 0 Å². The fourth-order valence-corrected chi connectivity index (χ4v) is 2.97. The Bertz CT molecular complexity index is 399. The van der Waals surface area contributed by atoms with E-state index in [9.17, 15) is 0 Å². The fourth-order valence-electron chi connectivity index (χ4n) is 2.37. The topological polar surface area (TPSA) is 29.0 Å². The number of nitrogens with zero attached hydrogens (tertiary/aromatic N) is 3. The van der Waals surface area contributed by atoms with Crippen LogP contribution in [0.25, 0.3) is 0 Å². The average Bonchev–Trinajstić information content (AvgIpc) is 2.28. The molecule has 1 aliphatic rings. The lowest BCUT2D eigenvalue weighted by Crippen LogP contribution is -2.40. The van der Waals surface area contributed by atoms with Gasteiger partial charge in [0.25, 0.3) is 0 Å². The Morgan fingerprint density at radius 3 is 2.82 bits per heavy atom. The SMILES string of the molecule is CSc1nc(Cl)cc(N2CCC(C)CC2C)n1. The molecule has 0 amide bonds. The van der Waals surface area contributed by atoms with Gasteiger partial charge >= 0.3 is 0 Å². The Labute approximate surface area is 112 Å². The number of anilines is 1. The molecule has 0 N–H and O–H groups in total. The van der Waals surface area contributed by atoms with E-state index in [0.717, 1.165) is 23.4 Å². The summed E-state index contributed by atoms with van der Waals surface area (Å²) in [6, 6.07) is 2.40. The summed E-state index contributed by atoms with van der Waals surface area (Å²) in [5.74, 6) is 1.77. The van der Waals surface area contributed by atoms with Gasteiger partial charge in [-0.25, -0.2) is 9.97 Å². The van der Waals surface area contributed by atoms with Crippen molar-refractivity contribution in [2.75, 3.05) is 17.7 Å². The molecule has 0 aliphatic carbocycles.